The van der Waals surface area contributed by atoms with Crippen LogP contribution < -0.4 is 34.5 Å². The van der Waals surface area contributed by atoms with Gasteiger partial charge in [0.25, 0.3) is 0 Å². The summed E-state index contributed by atoms with van der Waals surface area (Å²) in [6.07, 6.45) is 1.67. The van der Waals surface area contributed by atoms with Gasteiger partial charge in [0.1, 0.15) is 12.4 Å². The highest BCUT2D eigenvalue weighted by molar-refractivity contribution is 6.02. The van der Waals surface area contributed by atoms with Gasteiger partial charge >= 0.3 is 6.03 Å². The zero-order valence-corrected chi connectivity index (χ0v) is 19.5. The highest BCUT2D eigenvalue weighted by Crippen LogP contribution is 2.40. The van der Waals surface area contributed by atoms with E-state index in [1.807, 2.05) is 13.8 Å². The van der Waals surface area contributed by atoms with E-state index in [-0.39, 0.29) is 12.5 Å². The molecule has 3 amide bonds. The molecule has 1 aliphatic rings. The maximum Gasteiger partial charge on any atom is 0.323 e. The van der Waals surface area contributed by atoms with Crippen LogP contribution in [0.5, 0.6) is 23.0 Å². The lowest BCUT2D eigenvalue weighted by atomic mass is 9.93. The van der Waals surface area contributed by atoms with Crippen molar-refractivity contribution in [3.63, 3.8) is 0 Å². The zero-order valence-electron chi connectivity index (χ0n) is 19.5. The van der Waals surface area contributed by atoms with E-state index in [0.717, 1.165) is 0 Å². The molecule has 9 heteroatoms. The Morgan fingerprint density at radius 1 is 1.09 bits per heavy atom. The summed E-state index contributed by atoms with van der Waals surface area (Å²) in [5.41, 5.74) is 0.891. The third kappa shape index (κ3) is 4.97. The fourth-order valence-corrected chi connectivity index (χ4v) is 3.48. The number of nitrogens with one attached hydrogen (secondary N) is 2. The fourth-order valence-electron chi connectivity index (χ4n) is 3.48. The topological polar surface area (TPSA) is 98.4 Å². The van der Waals surface area contributed by atoms with E-state index < -0.39 is 11.4 Å². The number of carbonyl (C=O) groups is 2. The van der Waals surface area contributed by atoms with Gasteiger partial charge < -0.3 is 34.5 Å². The van der Waals surface area contributed by atoms with Gasteiger partial charge in [-0.05, 0) is 26.0 Å². The zero-order chi connectivity index (χ0) is 24.2. The second kappa shape index (κ2) is 9.72. The van der Waals surface area contributed by atoms with Gasteiger partial charge in [0.15, 0.2) is 11.5 Å². The number of amides is 3. The summed E-state index contributed by atoms with van der Waals surface area (Å²) >= 11 is 0. The highest BCUT2D eigenvalue weighted by Gasteiger charge is 2.37. The van der Waals surface area contributed by atoms with E-state index in [4.69, 9.17) is 18.9 Å². The number of benzene rings is 2. The minimum Gasteiger partial charge on any atom is -0.493 e. The van der Waals surface area contributed by atoms with E-state index in [9.17, 15) is 9.59 Å². The molecule has 3 rings (SSSR count). The van der Waals surface area contributed by atoms with Gasteiger partial charge in [-0.25, -0.2) is 4.79 Å². The molecule has 0 radical (unpaired) electrons. The van der Waals surface area contributed by atoms with Crippen molar-refractivity contribution in [1.29, 1.82) is 0 Å². The Morgan fingerprint density at radius 3 is 2.30 bits per heavy atom. The molecule has 0 unspecified atom stereocenters. The molecule has 2 aromatic carbocycles. The lowest BCUT2D eigenvalue weighted by molar-refractivity contribution is -0.127. The SMILES string of the molecule is C=CCN1C(=O)C(C)(C)COc2cc(NC(=O)Nc3cc(OC)c(OC)c(OC)c3)ccc21. The Balaban J connectivity index is 1.82. The van der Waals surface area contributed by atoms with Crippen LogP contribution in [0.25, 0.3) is 0 Å². The van der Waals surface area contributed by atoms with Crippen LogP contribution in [-0.2, 0) is 4.79 Å². The number of carbonyl (C=O) groups excluding carboxylic acids is 2. The maximum absolute atomic E-state index is 12.9. The molecule has 1 aliphatic heterocycles. The first-order chi connectivity index (χ1) is 15.7. The van der Waals surface area contributed by atoms with Crippen LogP contribution in [0.1, 0.15) is 13.8 Å². The number of fused-ring (bicyclic) bond motifs is 1. The largest absolute Gasteiger partial charge is 0.493 e. The average molecular weight is 456 g/mol. The van der Waals surface area contributed by atoms with Crippen molar-refractivity contribution in [2.24, 2.45) is 5.41 Å². The predicted molar refractivity (Wildman–Crippen MR) is 127 cm³/mol. The first-order valence-electron chi connectivity index (χ1n) is 10.3. The normalized spacial score (nSPS) is 14.3. The number of rotatable bonds is 7. The molecule has 33 heavy (non-hydrogen) atoms. The highest BCUT2D eigenvalue weighted by atomic mass is 16.5. The lowest BCUT2D eigenvalue weighted by Gasteiger charge is -2.27. The van der Waals surface area contributed by atoms with Crippen molar-refractivity contribution in [2.75, 3.05) is 50.0 Å². The Bertz CT molecular complexity index is 1040. The standard InChI is InChI=1S/C24H29N3O6/c1-7-10-27-17-9-8-15(11-18(17)33-14-24(2,3)22(27)28)25-23(29)26-16-12-19(30-4)21(32-6)20(13-16)31-5/h7-9,11-13H,1,10,14H2,2-6H3,(H2,25,26,29). The summed E-state index contributed by atoms with van der Waals surface area (Å²) in [6, 6.07) is 7.92. The third-order valence-electron chi connectivity index (χ3n) is 5.16. The molecule has 0 aromatic heterocycles. The Hall–Kier alpha value is -3.88. The second-order valence-corrected chi connectivity index (χ2v) is 8.05. The number of hydrogen-bond donors (Lipinski definition) is 2. The van der Waals surface area contributed by atoms with Crippen LogP contribution in [0.4, 0.5) is 21.9 Å². The minimum atomic E-state index is -0.695. The molecule has 2 aromatic rings. The number of hydrogen-bond acceptors (Lipinski definition) is 6. The quantitative estimate of drug-likeness (QED) is 0.605. The van der Waals surface area contributed by atoms with Crippen LogP contribution in [0.2, 0.25) is 0 Å². The third-order valence-corrected chi connectivity index (χ3v) is 5.16. The van der Waals surface area contributed by atoms with Gasteiger partial charge in [-0.2, -0.15) is 0 Å². The van der Waals surface area contributed by atoms with Crippen molar-refractivity contribution in [2.45, 2.75) is 13.8 Å². The van der Waals surface area contributed by atoms with Crippen LogP contribution in [0, 0.1) is 5.41 Å². The van der Waals surface area contributed by atoms with Crippen LogP contribution in [0.15, 0.2) is 43.0 Å². The summed E-state index contributed by atoms with van der Waals surface area (Å²) in [5, 5.41) is 5.53. The van der Waals surface area contributed by atoms with Gasteiger partial charge in [0.2, 0.25) is 11.7 Å². The van der Waals surface area contributed by atoms with Crippen molar-refractivity contribution in [3.8, 4) is 23.0 Å². The van der Waals surface area contributed by atoms with Gasteiger partial charge in [-0.1, -0.05) is 6.08 Å². The van der Waals surface area contributed by atoms with Crippen molar-refractivity contribution < 1.29 is 28.5 Å². The molecule has 0 fully saturated rings. The molecule has 2 N–H and O–H groups in total. The maximum atomic E-state index is 12.9. The molecule has 0 bridgehead atoms. The van der Waals surface area contributed by atoms with Gasteiger partial charge in [0.05, 0.1) is 38.1 Å². The minimum absolute atomic E-state index is 0.0537. The Labute approximate surface area is 193 Å². The summed E-state index contributed by atoms with van der Waals surface area (Å²) in [5.74, 6) is 1.71. The van der Waals surface area contributed by atoms with Crippen LogP contribution in [-0.4, -0.2) is 46.4 Å². The smallest absolute Gasteiger partial charge is 0.323 e. The molecule has 176 valence electrons. The van der Waals surface area contributed by atoms with Crippen molar-refractivity contribution in [1.82, 2.24) is 0 Å². The fraction of sp³-hybridized carbons (Fsp3) is 0.333. The lowest BCUT2D eigenvalue weighted by Crippen LogP contribution is -2.42. The molecular formula is C24H29N3O6. The second-order valence-electron chi connectivity index (χ2n) is 8.05. The predicted octanol–water partition coefficient (Wildman–Crippen LogP) is 4.29. The first-order valence-corrected chi connectivity index (χ1v) is 10.3. The van der Waals surface area contributed by atoms with Crippen molar-refractivity contribution in [3.05, 3.63) is 43.0 Å². The van der Waals surface area contributed by atoms with E-state index >= 15 is 0 Å². The molecule has 0 aliphatic carbocycles. The summed E-state index contributed by atoms with van der Waals surface area (Å²) in [4.78, 5) is 27.2. The van der Waals surface area contributed by atoms with Gasteiger partial charge in [-0.15, -0.1) is 6.58 Å². The summed E-state index contributed by atoms with van der Waals surface area (Å²) in [7, 11) is 4.50. The van der Waals surface area contributed by atoms with Crippen LogP contribution in [0.3, 0.4) is 0 Å². The van der Waals surface area contributed by atoms with Gasteiger partial charge in [0, 0.05) is 30.4 Å². The number of nitrogens with zero attached hydrogens (tertiary/aromatic N) is 1. The number of methoxy groups -OCH3 is 3. The number of anilines is 3. The monoisotopic (exact) mass is 455 g/mol. The Morgan fingerprint density at radius 2 is 1.73 bits per heavy atom. The molecule has 0 atom stereocenters. The van der Waals surface area contributed by atoms with E-state index in [1.54, 1.807) is 41.3 Å². The Kier molecular flexibility index (Phi) is 7.01. The van der Waals surface area contributed by atoms with E-state index in [0.29, 0.717) is 46.6 Å². The number of urea groups is 1. The molecular weight excluding hydrogens is 426 g/mol. The summed E-state index contributed by atoms with van der Waals surface area (Å²) < 4.78 is 21.9. The molecule has 0 spiro atoms. The molecule has 9 nitrogen and oxygen atoms in total. The van der Waals surface area contributed by atoms with Crippen LogP contribution >= 0.6 is 0 Å². The first kappa shape index (κ1) is 23.8. The molecule has 0 saturated carbocycles. The van der Waals surface area contributed by atoms with Crippen molar-refractivity contribution >= 4 is 29.0 Å². The van der Waals surface area contributed by atoms with E-state index in [1.165, 1.54) is 21.3 Å². The van der Waals surface area contributed by atoms with E-state index in [2.05, 4.69) is 17.2 Å². The van der Waals surface area contributed by atoms with Gasteiger partial charge in [-0.3, -0.25) is 4.79 Å². The molecule has 0 saturated heterocycles. The molecule has 1 heterocycles. The summed E-state index contributed by atoms with van der Waals surface area (Å²) in [6.45, 7) is 7.99. The number of ether oxygens (including phenoxy) is 4. The average Bonchev–Trinajstić information content (AvgIpc) is 2.88.